The number of rotatable bonds is 4. The van der Waals surface area contributed by atoms with Gasteiger partial charge in [0.2, 0.25) is 5.88 Å². The fourth-order valence-electron chi connectivity index (χ4n) is 2.77. The predicted molar refractivity (Wildman–Crippen MR) is 102 cm³/mol. The first kappa shape index (κ1) is 18.0. The molecule has 0 fully saturated rings. The molecule has 3 N–H and O–H groups in total. The average Bonchev–Trinajstić information content (AvgIpc) is 2.60. The Morgan fingerprint density at radius 1 is 1.31 bits per heavy atom. The molecule has 6 nitrogen and oxygen atoms in total. The number of fused-ring (bicyclic) bond motifs is 1. The van der Waals surface area contributed by atoms with Crippen molar-refractivity contribution in [2.45, 2.75) is 45.4 Å². The van der Waals surface area contributed by atoms with E-state index in [9.17, 15) is 0 Å². The molecule has 1 atom stereocenters. The Balaban J connectivity index is 1.59. The van der Waals surface area contributed by atoms with E-state index < -0.39 is 0 Å². The quantitative estimate of drug-likeness (QED) is 0.651. The monoisotopic (exact) mass is 354 g/mol. The molecule has 3 rings (SSSR count). The molecular formula is C20H26N4O2. The molecule has 6 heteroatoms. The van der Waals surface area contributed by atoms with Gasteiger partial charge in [0.15, 0.2) is 5.96 Å². The predicted octanol–water partition coefficient (Wildman–Crippen LogP) is 3.19. The summed E-state index contributed by atoms with van der Waals surface area (Å²) in [6, 6.07) is 11.9. The number of guanidine groups is 1. The van der Waals surface area contributed by atoms with E-state index >= 15 is 0 Å². The van der Waals surface area contributed by atoms with Crippen LogP contribution in [0.5, 0.6) is 11.6 Å². The Hall–Kier alpha value is -2.76. The zero-order valence-corrected chi connectivity index (χ0v) is 15.5. The van der Waals surface area contributed by atoms with Crippen molar-refractivity contribution in [1.29, 1.82) is 0 Å². The first-order valence-electron chi connectivity index (χ1n) is 8.83. The van der Waals surface area contributed by atoms with Crippen molar-refractivity contribution in [3.05, 3.63) is 53.7 Å². The number of aliphatic imine (C=N–C) groups is 1. The van der Waals surface area contributed by atoms with Gasteiger partial charge in [-0.2, -0.15) is 0 Å². The van der Waals surface area contributed by atoms with E-state index in [1.165, 1.54) is 0 Å². The van der Waals surface area contributed by atoms with Crippen molar-refractivity contribution in [2.24, 2.45) is 10.7 Å². The van der Waals surface area contributed by atoms with Crippen molar-refractivity contribution < 1.29 is 9.47 Å². The summed E-state index contributed by atoms with van der Waals surface area (Å²) in [5.41, 5.74) is 7.90. The SMILES string of the molecule is CC(C)(C)Oc1ccc(CN=C(N)NC2CCOc3ccccc32)cn1. The number of hydrogen-bond acceptors (Lipinski definition) is 4. The molecule has 138 valence electrons. The molecule has 1 aliphatic rings. The highest BCUT2D eigenvalue weighted by Gasteiger charge is 2.21. The second-order valence-electron chi connectivity index (χ2n) is 7.29. The van der Waals surface area contributed by atoms with E-state index in [0.29, 0.717) is 25.0 Å². The van der Waals surface area contributed by atoms with Crippen LogP contribution in [0, 0.1) is 0 Å². The van der Waals surface area contributed by atoms with Crippen LogP contribution in [0.25, 0.3) is 0 Å². The summed E-state index contributed by atoms with van der Waals surface area (Å²) in [7, 11) is 0. The molecule has 0 radical (unpaired) electrons. The van der Waals surface area contributed by atoms with Crippen molar-refractivity contribution in [3.63, 3.8) is 0 Å². The van der Waals surface area contributed by atoms with Gasteiger partial charge in [-0.25, -0.2) is 9.98 Å². The summed E-state index contributed by atoms with van der Waals surface area (Å²) in [6.07, 6.45) is 2.62. The van der Waals surface area contributed by atoms with Gasteiger partial charge in [0.1, 0.15) is 11.4 Å². The second kappa shape index (κ2) is 7.64. The van der Waals surface area contributed by atoms with Gasteiger partial charge in [-0.15, -0.1) is 0 Å². The topological polar surface area (TPSA) is 81.8 Å². The van der Waals surface area contributed by atoms with Crippen LogP contribution in [0.15, 0.2) is 47.6 Å². The maximum absolute atomic E-state index is 6.08. The van der Waals surface area contributed by atoms with Crippen molar-refractivity contribution in [2.75, 3.05) is 6.61 Å². The van der Waals surface area contributed by atoms with E-state index in [1.807, 2.05) is 51.1 Å². The van der Waals surface area contributed by atoms with E-state index in [2.05, 4.69) is 21.4 Å². The molecular weight excluding hydrogens is 328 g/mol. The van der Waals surface area contributed by atoms with Crippen LogP contribution in [0.4, 0.5) is 0 Å². The maximum atomic E-state index is 6.08. The highest BCUT2D eigenvalue weighted by Crippen LogP contribution is 2.31. The van der Waals surface area contributed by atoms with Gasteiger partial charge in [0.05, 0.1) is 19.2 Å². The Bertz CT molecular complexity index is 766. The first-order chi connectivity index (χ1) is 12.4. The molecule has 2 aromatic rings. The number of nitrogens with zero attached hydrogens (tertiary/aromatic N) is 2. The van der Waals surface area contributed by atoms with Crippen LogP contribution in [-0.2, 0) is 6.54 Å². The average molecular weight is 354 g/mol. The summed E-state index contributed by atoms with van der Waals surface area (Å²) in [5.74, 6) is 1.93. The molecule has 0 bridgehead atoms. The van der Waals surface area contributed by atoms with Crippen LogP contribution < -0.4 is 20.5 Å². The number of nitrogens with two attached hydrogens (primary N) is 1. The first-order valence-corrected chi connectivity index (χ1v) is 8.83. The van der Waals surface area contributed by atoms with Crippen LogP contribution in [0.1, 0.15) is 44.4 Å². The minimum atomic E-state index is -0.263. The van der Waals surface area contributed by atoms with E-state index in [0.717, 1.165) is 23.3 Å². The van der Waals surface area contributed by atoms with Gasteiger partial charge >= 0.3 is 0 Å². The Morgan fingerprint density at radius 2 is 2.12 bits per heavy atom. The van der Waals surface area contributed by atoms with Gasteiger partial charge in [-0.05, 0) is 32.4 Å². The Kier molecular flexibility index (Phi) is 5.30. The molecule has 0 saturated carbocycles. The lowest BCUT2D eigenvalue weighted by molar-refractivity contribution is 0.124. The largest absolute Gasteiger partial charge is 0.493 e. The number of aromatic nitrogens is 1. The lowest BCUT2D eigenvalue weighted by Crippen LogP contribution is -2.37. The maximum Gasteiger partial charge on any atom is 0.213 e. The van der Waals surface area contributed by atoms with Gasteiger partial charge in [-0.3, -0.25) is 0 Å². The molecule has 1 aromatic carbocycles. The number of ether oxygens (including phenoxy) is 2. The number of nitrogens with one attached hydrogen (secondary N) is 1. The molecule has 2 heterocycles. The van der Waals surface area contributed by atoms with E-state index in [1.54, 1.807) is 6.20 Å². The minimum absolute atomic E-state index is 0.115. The van der Waals surface area contributed by atoms with Crippen LogP contribution in [0.2, 0.25) is 0 Å². The minimum Gasteiger partial charge on any atom is -0.493 e. The number of hydrogen-bond donors (Lipinski definition) is 2. The fourth-order valence-corrected chi connectivity index (χ4v) is 2.77. The summed E-state index contributed by atoms with van der Waals surface area (Å²) in [4.78, 5) is 8.75. The van der Waals surface area contributed by atoms with Crippen LogP contribution in [-0.4, -0.2) is 23.2 Å². The Morgan fingerprint density at radius 3 is 2.85 bits per heavy atom. The molecule has 26 heavy (non-hydrogen) atoms. The smallest absolute Gasteiger partial charge is 0.213 e. The lowest BCUT2D eigenvalue weighted by Gasteiger charge is -2.26. The van der Waals surface area contributed by atoms with Crippen molar-refractivity contribution in [1.82, 2.24) is 10.3 Å². The highest BCUT2D eigenvalue weighted by molar-refractivity contribution is 5.78. The van der Waals surface area contributed by atoms with Crippen LogP contribution >= 0.6 is 0 Å². The van der Waals surface area contributed by atoms with Crippen LogP contribution in [0.3, 0.4) is 0 Å². The number of pyridine rings is 1. The Labute approximate surface area is 154 Å². The molecule has 1 unspecified atom stereocenters. The molecule has 0 spiro atoms. The van der Waals surface area contributed by atoms with Gasteiger partial charge in [0, 0.05) is 24.2 Å². The third kappa shape index (κ3) is 4.88. The van der Waals surface area contributed by atoms with Crippen molar-refractivity contribution in [3.8, 4) is 11.6 Å². The number of para-hydroxylation sites is 1. The summed E-state index contributed by atoms with van der Waals surface area (Å²) >= 11 is 0. The van der Waals surface area contributed by atoms with Gasteiger partial charge in [-0.1, -0.05) is 24.3 Å². The summed E-state index contributed by atoms with van der Waals surface area (Å²) in [5, 5.41) is 3.29. The van der Waals surface area contributed by atoms with Gasteiger partial charge < -0.3 is 20.5 Å². The lowest BCUT2D eigenvalue weighted by atomic mass is 10.0. The third-order valence-electron chi connectivity index (χ3n) is 3.92. The second-order valence-corrected chi connectivity index (χ2v) is 7.29. The van der Waals surface area contributed by atoms with E-state index in [-0.39, 0.29) is 11.6 Å². The zero-order chi connectivity index (χ0) is 18.6. The fraction of sp³-hybridized carbons (Fsp3) is 0.400. The van der Waals surface area contributed by atoms with E-state index in [4.69, 9.17) is 15.2 Å². The molecule has 0 saturated heterocycles. The third-order valence-corrected chi connectivity index (χ3v) is 3.92. The standard InChI is InChI=1S/C20H26N4O2/c1-20(2,3)26-18-9-8-14(12-22-18)13-23-19(21)24-16-10-11-25-17-7-5-4-6-15(16)17/h4-9,12,16H,10-11,13H2,1-3H3,(H3,21,23,24). The normalized spacial score (nSPS) is 17.2. The summed E-state index contributed by atoms with van der Waals surface area (Å²) < 4.78 is 11.4. The molecule has 0 amide bonds. The highest BCUT2D eigenvalue weighted by atomic mass is 16.5. The number of benzene rings is 1. The molecule has 1 aromatic heterocycles. The molecule has 1 aliphatic heterocycles. The summed E-state index contributed by atoms with van der Waals surface area (Å²) in [6.45, 7) is 7.11. The van der Waals surface area contributed by atoms with Gasteiger partial charge in [0.25, 0.3) is 0 Å². The van der Waals surface area contributed by atoms with Crippen molar-refractivity contribution >= 4 is 5.96 Å². The molecule has 0 aliphatic carbocycles. The zero-order valence-electron chi connectivity index (χ0n) is 15.5.